The maximum atomic E-state index is 12.0. The summed E-state index contributed by atoms with van der Waals surface area (Å²) in [4.78, 5) is 18.4. The van der Waals surface area contributed by atoms with Crippen molar-refractivity contribution in [2.24, 2.45) is 0 Å². The Kier molecular flexibility index (Phi) is 6.62. The molecule has 2 unspecified atom stereocenters. The summed E-state index contributed by atoms with van der Waals surface area (Å²) in [6, 6.07) is 18.7. The largest absolute Gasteiger partial charge is 0.496 e. The van der Waals surface area contributed by atoms with Crippen molar-refractivity contribution in [2.75, 3.05) is 12.0 Å². The fraction of sp³-hybridized carbons (Fsp3) is 0.241. The van der Waals surface area contributed by atoms with E-state index in [0.29, 0.717) is 16.5 Å². The third-order valence-corrected chi connectivity index (χ3v) is 7.59. The van der Waals surface area contributed by atoms with Gasteiger partial charge in [0.2, 0.25) is 0 Å². The van der Waals surface area contributed by atoms with Crippen molar-refractivity contribution < 1.29 is 9.66 Å². The van der Waals surface area contributed by atoms with Crippen molar-refractivity contribution in [3.63, 3.8) is 0 Å². The molecule has 1 saturated heterocycles. The zero-order valence-corrected chi connectivity index (χ0v) is 22.7. The third kappa shape index (κ3) is 4.28. The van der Waals surface area contributed by atoms with Crippen LogP contribution in [0.15, 0.2) is 66.9 Å². The van der Waals surface area contributed by atoms with Gasteiger partial charge in [-0.1, -0.05) is 12.1 Å². The number of aromatic nitrogens is 2. The first-order valence-electron chi connectivity index (χ1n) is 12.3. The van der Waals surface area contributed by atoms with Gasteiger partial charge in [-0.3, -0.25) is 15.1 Å². The van der Waals surface area contributed by atoms with Crippen molar-refractivity contribution >= 4 is 28.7 Å². The van der Waals surface area contributed by atoms with Gasteiger partial charge in [-0.05, 0) is 99.1 Å². The van der Waals surface area contributed by atoms with Gasteiger partial charge in [0.1, 0.15) is 11.4 Å². The highest BCUT2D eigenvalue weighted by atomic mass is 32.1. The first kappa shape index (κ1) is 25.4. The number of anilines is 1. The Balaban J connectivity index is 1.71. The number of thiocarbonyl (C=S) groups is 1. The van der Waals surface area contributed by atoms with E-state index >= 15 is 0 Å². The Labute approximate surface area is 227 Å². The lowest BCUT2D eigenvalue weighted by Crippen LogP contribution is -2.29. The van der Waals surface area contributed by atoms with Crippen molar-refractivity contribution in [1.82, 2.24) is 14.9 Å². The molecule has 0 bridgehead atoms. The first-order chi connectivity index (χ1) is 18.2. The molecule has 194 valence electrons. The van der Waals surface area contributed by atoms with E-state index in [-0.39, 0.29) is 22.7 Å². The molecule has 2 aromatic carbocycles. The summed E-state index contributed by atoms with van der Waals surface area (Å²) in [5.41, 5.74) is 7.46. The number of methoxy groups -OCH3 is 1. The van der Waals surface area contributed by atoms with Crippen LogP contribution in [0.25, 0.3) is 5.69 Å². The molecule has 1 N–H and O–H groups in total. The minimum Gasteiger partial charge on any atom is -0.496 e. The van der Waals surface area contributed by atoms with E-state index in [1.807, 2.05) is 36.6 Å². The molecular formula is C29H29N5O3S. The van der Waals surface area contributed by atoms with Crippen LogP contribution in [0.4, 0.5) is 11.4 Å². The van der Waals surface area contributed by atoms with Crippen LogP contribution >= 0.6 is 12.2 Å². The maximum absolute atomic E-state index is 12.0. The van der Waals surface area contributed by atoms with Gasteiger partial charge in [-0.2, -0.15) is 0 Å². The van der Waals surface area contributed by atoms with E-state index in [4.69, 9.17) is 17.0 Å². The normalized spacial score (nSPS) is 17.0. The van der Waals surface area contributed by atoms with Gasteiger partial charge in [-0.15, -0.1) is 0 Å². The van der Waals surface area contributed by atoms with E-state index in [1.165, 1.54) is 24.3 Å². The van der Waals surface area contributed by atoms with Crippen LogP contribution in [0, 0.1) is 37.8 Å². The quantitative estimate of drug-likeness (QED) is 0.182. The predicted molar refractivity (Wildman–Crippen MR) is 152 cm³/mol. The van der Waals surface area contributed by atoms with E-state index in [1.54, 1.807) is 18.3 Å². The SMILES string of the molecule is COc1ccc(-n2c(C)cc(C3C(c4ccccn4)NC(=S)N3c3ccc(C)c(C)c3)c2C)c([N+](=O)[O-])c1. The molecule has 0 amide bonds. The van der Waals surface area contributed by atoms with Gasteiger partial charge in [0.05, 0.1) is 35.9 Å². The second-order valence-corrected chi connectivity index (χ2v) is 9.93. The average molecular weight is 528 g/mol. The van der Waals surface area contributed by atoms with Crippen LogP contribution in [0.3, 0.4) is 0 Å². The molecule has 8 nitrogen and oxygen atoms in total. The monoisotopic (exact) mass is 527 g/mol. The second-order valence-electron chi connectivity index (χ2n) is 9.54. The molecule has 38 heavy (non-hydrogen) atoms. The topological polar surface area (TPSA) is 85.5 Å². The Bertz CT molecular complexity index is 1550. The zero-order chi connectivity index (χ0) is 27.1. The number of aryl methyl sites for hydroxylation is 3. The molecule has 9 heteroatoms. The summed E-state index contributed by atoms with van der Waals surface area (Å²) >= 11 is 5.89. The lowest BCUT2D eigenvalue weighted by atomic mass is 9.96. The molecule has 1 fully saturated rings. The lowest BCUT2D eigenvalue weighted by molar-refractivity contribution is -0.384. The molecule has 2 aromatic heterocycles. The molecule has 1 aliphatic rings. The molecular weight excluding hydrogens is 498 g/mol. The Morgan fingerprint density at radius 2 is 1.82 bits per heavy atom. The van der Waals surface area contributed by atoms with Crippen LogP contribution in [0.5, 0.6) is 5.75 Å². The number of ether oxygens (including phenoxy) is 1. The molecule has 2 atom stereocenters. The van der Waals surface area contributed by atoms with E-state index in [9.17, 15) is 10.1 Å². The summed E-state index contributed by atoms with van der Waals surface area (Å²) in [6.07, 6.45) is 1.78. The number of nitrogens with zero attached hydrogens (tertiary/aromatic N) is 4. The standard InChI is InChI=1S/C29H29N5O3S/c1-17-9-10-21(14-18(17)2)33-28(27(31-29(33)38)24-8-6-7-13-30-24)23-15-19(3)32(20(23)4)25-12-11-22(37-5)16-26(25)34(35)36/h6-16,27-28H,1-5H3,(H,31,38). The van der Waals surface area contributed by atoms with Gasteiger partial charge < -0.3 is 19.5 Å². The van der Waals surface area contributed by atoms with Gasteiger partial charge in [0.25, 0.3) is 5.69 Å². The van der Waals surface area contributed by atoms with Crippen LogP contribution < -0.4 is 15.0 Å². The van der Waals surface area contributed by atoms with Gasteiger partial charge >= 0.3 is 0 Å². The van der Waals surface area contributed by atoms with E-state index < -0.39 is 0 Å². The highest BCUT2D eigenvalue weighted by molar-refractivity contribution is 7.80. The van der Waals surface area contributed by atoms with Gasteiger partial charge in [0, 0.05) is 23.3 Å². The molecule has 1 aliphatic heterocycles. The fourth-order valence-corrected chi connectivity index (χ4v) is 5.59. The highest BCUT2D eigenvalue weighted by Gasteiger charge is 2.42. The van der Waals surface area contributed by atoms with Crippen LogP contribution in [-0.4, -0.2) is 26.7 Å². The van der Waals surface area contributed by atoms with Gasteiger partial charge in [0.15, 0.2) is 5.11 Å². The summed E-state index contributed by atoms with van der Waals surface area (Å²) in [6.45, 7) is 8.13. The molecule has 5 rings (SSSR count). The molecule has 0 spiro atoms. The van der Waals surface area contributed by atoms with E-state index in [0.717, 1.165) is 28.3 Å². The summed E-state index contributed by atoms with van der Waals surface area (Å²) in [5.74, 6) is 0.435. The Morgan fingerprint density at radius 3 is 2.47 bits per heavy atom. The molecule has 0 aliphatic carbocycles. The van der Waals surface area contributed by atoms with Crippen LogP contribution in [0.2, 0.25) is 0 Å². The minimum atomic E-state index is -0.374. The highest BCUT2D eigenvalue weighted by Crippen LogP contribution is 2.44. The first-order valence-corrected chi connectivity index (χ1v) is 12.7. The number of benzene rings is 2. The number of rotatable bonds is 6. The summed E-state index contributed by atoms with van der Waals surface area (Å²) in [7, 11) is 1.50. The van der Waals surface area contributed by atoms with Crippen molar-refractivity contribution in [3.05, 3.63) is 111 Å². The molecule has 3 heterocycles. The third-order valence-electron chi connectivity index (χ3n) is 7.28. The summed E-state index contributed by atoms with van der Waals surface area (Å²) in [5, 5.41) is 16.1. The number of nitro benzene ring substituents is 1. The van der Waals surface area contributed by atoms with Crippen molar-refractivity contribution in [3.8, 4) is 11.4 Å². The van der Waals surface area contributed by atoms with E-state index in [2.05, 4.69) is 53.3 Å². The molecule has 0 radical (unpaired) electrons. The number of pyridine rings is 1. The summed E-state index contributed by atoms with van der Waals surface area (Å²) < 4.78 is 7.18. The smallest absolute Gasteiger partial charge is 0.296 e. The Morgan fingerprint density at radius 1 is 1.03 bits per heavy atom. The van der Waals surface area contributed by atoms with Crippen molar-refractivity contribution in [1.29, 1.82) is 0 Å². The van der Waals surface area contributed by atoms with Gasteiger partial charge in [-0.25, -0.2) is 0 Å². The fourth-order valence-electron chi connectivity index (χ4n) is 5.25. The average Bonchev–Trinajstić information content (AvgIpc) is 3.40. The minimum absolute atomic E-state index is 0.0231. The number of nitrogens with one attached hydrogen (secondary N) is 1. The lowest BCUT2D eigenvalue weighted by Gasteiger charge is -2.28. The number of hydrogen-bond acceptors (Lipinski definition) is 5. The van der Waals surface area contributed by atoms with Crippen molar-refractivity contribution in [2.45, 2.75) is 39.8 Å². The maximum Gasteiger partial charge on any atom is 0.296 e. The zero-order valence-electron chi connectivity index (χ0n) is 21.9. The van der Waals surface area contributed by atoms with Crippen LogP contribution in [-0.2, 0) is 0 Å². The van der Waals surface area contributed by atoms with Crippen LogP contribution in [0.1, 0.15) is 45.9 Å². The number of nitro groups is 1. The second kappa shape index (κ2) is 9.90. The Hall–Kier alpha value is -4.24. The molecule has 0 saturated carbocycles. The predicted octanol–water partition coefficient (Wildman–Crippen LogP) is 6.20. The molecule has 4 aromatic rings. The number of hydrogen-bond donors (Lipinski definition) is 1.